The van der Waals surface area contributed by atoms with Crippen molar-refractivity contribution in [2.24, 2.45) is 0 Å². The molecule has 0 radical (unpaired) electrons. The number of rotatable bonds is 9. The first-order chi connectivity index (χ1) is 16.9. The van der Waals surface area contributed by atoms with Crippen LogP contribution in [0.25, 0.3) is 0 Å². The summed E-state index contributed by atoms with van der Waals surface area (Å²) in [7, 11) is 3.18. The zero-order chi connectivity index (χ0) is 24.9. The van der Waals surface area contributed by atoms with Crippen molar-refractivity contribution < 1.29 is 19.1 Å². The molecule has 1 aliphatic heterocycles. The first-order valence-corrected chi connectivity index (χ1v) is 12.5. The highest BCUT2D eigenvalue weighted by Gasteiger charge is 2.44. The lowest BCUT2D eigenvalue weighted by Gasteiger charge is -2.24. The second-order valence-electron chi connectivity index (χ2n) is 8.12. The van der Waals surface area contributed by atoms with Gasteiger partial charge in [-0.1, -0.05) is 0 Å². The summed E-state index contributed by atoms with van der Waals surface area (Å²) in [5, 5.41) is 5.33. The number of amides is 2. The van der Waals surface area contributed by atoms with E-state index < -0.39 is 6.04 Å². The highest BCUT2D eigenvalue weighted by atomic mass is 32.1. The molecule has 7 nitrogen and oxygen atoms in total. The molecule has 2 heterocycles. The number of nitrogens with zero attached hydrogens (tertiary/aromatic N) is 2. The Morgan fingerprint density at radius 3 is 2.23 bits per heavy atom. The van der Waals surface area contributed by atoms with Crippen LogP contribution in [-0.2, 0) is 16.0 Å². The Morgan fingerprint density at radius 1 is 1.03 bits per heavy atom. The Bertz CT molecular complexity index is 1210. The summed E-state index contributed by atoms with van der Waals surface area (Å²) in [6.07, 6.45) is 0.727. The number of aryl methyl sites for hydroxylation is 1. The van der Waals surface area contributed by atoms with Crippen molar-refractivity contribution in [3.05, 3.63) is 70.4 Å². The SMILES string of the molecule is COc1ccc(NC(=O)C[C@@H]2C(=O)N(c3ccc(OC)cc3)C(=S)N2CCc2sccc2C)cc1. The first kappa shape index (κ1) is 24.7. The lowest BCUT2D eigenvalue weighted by atomic mass is 10.1. The smallest absolute Gasteiger partial charge is 0.256 e. The molecule has 4 rings (SSSR count). The summed E-state index contributed by atoms with van der Waals surface area (Å²) in [5.74, 6) is 0.911. The van der Waals surface area contributed by atoms with Crippen molar-refractivity contribution >= 4 is 51.9 Å². The van der Waals surface area contributed by atoms with Crippen LogP contribution in [0.3, 0.4) is 0 Å². The molecule has 1 saturated heterocycles. The van der Waals surface area contributed by atoms with Gasteiger partial charge in [-0.3, -0.25) is 14.5 Å². The first-order valence-electron chi connectivity index (χ1n) is 11.2. The van der Waals surface area contributed by atoms with Gasteiger partial charge in [-0.15, -0.1) is 11.3 Å². The van der Waals surface area contributed by atoms with Crippen LogP contribution in [0, 0.1) is 6.92 Å². The molecule has 0 saturated carbocycles. The number of benzene rings is 2. The number of nitrogens with one attached hydrogen (secondary N) is 1. The van der Waals surface area contributed by atoms with Crippen LogP contribution >= 0.6 is 23.6 Å². The molecule has 1 aliphatic rings. The van der Waals surface area contributed by atoms with Crippen LogP contribution in [0.5, 0.6) is 11.5 Å². The molecule has 1 aromatic heterocycles. The molecule has 9 heteroatoms. The van der Waals surface area contributed by atoms with E-state index in [1.165, 1.54) is 15.3 Å². The van der Waals surface area contributed by atoms with Gasteiger partial charge in [0.25, 0.3) is 5.91 Å². The average molecular weight is 510 g/mol. The van der Waals surface area contributed by atoms with E-state index >= 15 is 0 Å². The second-order valence-corrected chi connectivity index (χ2v) is 9.49. The Labute approximate surface area is 214 Å². The van der Waals surface area contributed by atoms with Crippen molar-refractivity contribution in [2.45, 2.75) is 25.8 Å². The summed E-state index contributed by atoms with van der Waals surface area (Å²) in [5.41, 5.74) is 2.50. The summed E-state index contributed by atoms with van der Waals surface area (Å²) < 4.78 is 10.4. The maximum atomic E-state index is 13.6. The lowest BCUT2D eigenvalue weighted by Crippen LogP contribution is -2.39. The summed E-state index contributed by atoms with van der Waals surface area (Å²) >= 11 is 7.44. The fourth-order valence-electron chi connectivity index (χ4n) is 4.00. The van der Waals surface area contributed by atoms with Gasteiger partial charge in [-0.25, -0.2) is 0 Å². The zero-order valence-corrected chi connectivity index (χ0v) is 21.4. The predicted molar refractivity (Wildman–Crippen MR) is 143 cm³/mol. The molecule has 35 heavy (non-hydrogen) atoms. The van der Waals surface area contributed by atoms with Gasteiger partial charge in [0, 0.05) is 17.1 Å². The van der Waals surface area contributed by atoms with Crippen LogP contribution in [0.15, 0.2) is 60.0 Å². The van der Waals surface area contributed by atoms with Crippen molar-refractivity contribution in [1.29, 1.82) is 0 Å². The number of carbonyl (C=O) groups excluding carboxylic acids is 2. The molecular formula is C26H27N3O4S2. The largest absolute Gasteiger partial charge is 0.497 e. The molecule has 182 valence electrons. The molecule has 2 amide bonds. The minimum atomic E-state index is -0.692. The van der Waals surface area contributed by atoms with Crippen molar-refractivity contribution in [3.63, 3.8) is 0 Å². The third-order valence-electron chi connectivity index (χ3n) is 5.95. The van der Waals surface area contributed by atoms with Crippen molar-refractivity contribution in [2.75, 3.05) is 31.0 Å². The van der Waals surface area contributed by atoms with E-state index in [2.05, 4.69) is 23.7 Å². The molecule has 3 aromatic rings. The Hall–Kier alpha value is -3.43. The van der Waals surface area contributed by atoms with E-state index in [-0.39, 0.29) is 18.2 Å². The summed E-state index contributed by atoms with van der Waals surface area (Å²) in [4.78, 5) is 31.1. The van der Waals surface area contributed by atoms with Gasteiger partial charge in [0.05, 0.1) is 26.3 Å². The van der Waals surface area contributed by atoms with Crippen LogP contribution < -0.4 is 19.7 Å². The molecule has 1 fully saturated rings. The fourth-order valence-corrected chi connectivity index (χ4v) is 5.31. The number of ether oxygens (including phenoxy) is 2. The number of thiocarbonyl (C=S) groups is 1. The van der Waals surface area contributed by atoms with E-state index in [1.807, 2.05) is 4.90 Å². The van der Waals surface area contributed by atoms with Crippen LogP contribution in [0.1, 0.15) is 16.9 Å². The lowest BCUT2D eigenvalue weighted by molar-refractivity contribution is -0.124. The number of anilines is 2. The number of hydrogen-bond acceptors (Lipinski definition) is 6. The molecule has 0 aliphatic carbocycles. The average Bonchev–Trinajstić information content (AvgIpc) is 3.38. The third-order valence-corrected chi connectivity index (χ3v) is 7.45. The molecule has 0 bridgehead atoms. The Morgan fingerprint density at radius 2 is 1.66 bits per heavy atom. The topological polar surface area (TPSA) is 71.1 Å². The highest BCUT2D eigenvalue weighted by Crippen LogP contribution is 2.30. The number of thiophene rings is 1. The van der Waals surface area contributed by atoms with Gasteiger partial charge in [0.15, 0.2) is 5.11 Å². The zero-order valence-electron chi connectivity index (χ0n) is 19.8. The number of carbonyl (C=O) groups is 2. The minimum absolute atomic E-state index is 0.0128. The summed E-state index contributed by atoms with van der Waals surface area (Å²) in [6.45, 7) is 2.61. The summed E-state index contributed by atoms with van der Waals surface area (Å²) in [6, 6.07) is 15.6. The van der Waals surface area contributed by atoms with E-state index in [1.54, 1.807) is 74.1 Å². The van der Waals surface area contributed by atoms with E-state index in [4.69, 9.17) is 21.7 Å². The van der Waals surface area contributed by atoms with E-state index in [9.17, 15) is 9.59 Å². The number of hydrogen-bond donors (Lipinski definition) is 1. The fraction of sp³-hybridized carbons (Fsp3) is 0.269. The minimum Gasteiger partial charge on any atom is -0.497 e. The maximum Gasteiger partial charge on any atom is 0.256 e. The monoisotopic (exact) mass is 509 g/mol. The van der Waals surface area contributed by atoms with Crippen LogP contribution in [-0.4, -0.2) is 48.6 Å². The Balaban J connectivity index is 1.54. The van der Waals surface area contributed by atoms with Gasteiger partial charge in [-0.2, -0.15) is 0 Å². The van der Waals surface area contributed by atoms with Crippen molar-refractivity contribution in [1.82, 2.24) is 4.90 Å². The highest BCUT2D eigenvalue weighted by molar-refractivity contribution is 7.80. The van der Waals surface area contributed by atoms with E-state index in [0.29, 0.717) is 34.5 Å². The molecule has 0 spiro atoms. The van der Waals surface area contributed by atoms with Crippen LogP contribution in [0.2, 0.25) is 0 Å². The third kappa shape index (κ3) is 5.47. The Kier molecular flexibility index (Phi) is 7.67. The normalized spacial score (nSPS) is 15.5. The van der Waals surface area contributed by atoms with Crippen LogP contribution in [0.4, 0.5) is 11.4 Å². The number of methoxy groups -OCH3 is 2. The van der Waals surface area contributed by atoms with Gasteiger partial charge in [0.2, 0.25) is 5.91 Å². The van der Waals surface area contributed by atoms with E-state index in [0.717, 1.165) is 6.42 Å². The van der Waals surface area contributed by atoms with Gasteiger partial charge in [0.1, 0.15) is 17.5 Å². The van der Waals surface area contributed by atoms with Crippen molar-refractivity contribution in [3.8, 4) is 11.5 Å². The molecule has 1 N–H and O–H groups in total. The predicted octanol–water partition coefficient (Wildman–Crippen LogP) is 4.65. The maximum absolute atomic E-state index is 13.6. The molecule has 0 unspecified atom stereocenters. The van der Waals surface area contributed by atoms with Gasteiger partial charge >= 0.3 is 0 Å². The molecule has 1 atom stereocenters. The van der Waals surface area contributed by atoms with Gasteiger partial charge in [-0.05, 0) is 91.1 Å². The molecular weight excluding hydrogens is 482 g/mol. The second kappa shape index (κ2) is 10.9. The van der Waals surface area contributed by atoms with Gasteiger partial charge < -0.3 is 19.7 Å². The molecule has 2 aromatic carbocycles. The quantitative estimate of drug-likeness (QED) is 0.424. The standard InChI is InChI=1S/C26H27N3O4S2/c1-17-13-15-35-23(17)12-14-28-22(16-24(30)27-18-4-8-20(32-2)9-5-18)25(31)29(26(28)34)19-6-10-21(33-3)11-7-19/h4-11,13,15,22H,12,14,16H2,1-3H3,(H,27,30)/t22-/m1/s1.